The van der Waals surface area contributed by atoms with E-state index in [1.807, 2.05) is 0 Å². The van der Waals surface area contributed by atoms with Gasteiger partial charge in [0.15, 0.2) is 11.6 Å². The Labute approximate surface area is 148 Å². The summed E-state index contributed by atoms with van der Waals surface area (Å²) in [7, 11) is 0. The monoisotopic (exact) mass is 307 g/mol. The van der Waals surface area contributed by atoms with Crippen LogP contribution in [0, 0.1) is 0 Å². The molecule has 0 unspecified atom stereocenters. The van der Waals surface area contributed by atoms with Crippen LogP contribution in [0.3, 0.4) is 0 Å². The van der Waals surface area contributed by atoms with Crippen LogP contribution in [0.25, 0.3) is 0 Å². The third-order valence-corrected chi connectivity index (χ3v) is 4.12. The summed E-state index contributed by atoms with van der Waals surface area (Å²) in [6.45, 7) is 0. The van der Waals surface area contributed by atoms with E-state index in [0.29, 0.717) is 0 Å². The molecule has 3 aromatic carbocycles. The molecule has 0 spiro atoms. The lowest BCUT2D eigenvalue weighted by atomic mass is 9.67. The molecule has 0 N–H and O–H groups in total. The number of ketones is 2. The average molecular weight is 307 g/mol. The van der Waals surface area contributed by atoms with Gasteiger partial charge in [0.25, 0.3) is 0 Å². The summed E-state index contributed by atoms with van der Waals surface area (Å²) < 4.78 is 90.5. The Morgan fingerprint density at radius 1 is 0.609 bits per heavy atom. The standard InChI is InChI=1S/C21H12O2/c22-20-14-8-3-1-6-12(14)18-13-7-2-4-9-15(13)21(23)17-11-5-10-16(20)19(17)18/h1-11,18H/i1D,2D,3D,4D,5D,6D,7D,8D,9D,10D,11D. The van der Waals surface area contributed by atoms with E-state index in [-0.39, 0.29) is 16.7 Å². The lowest BCUT2D eigenvalue weighted by Crippen LogP contribution is -2.28. The molecule has 3 aromatic rings. The Hall–Kier alpha value is -3.00. The topological polar surface area (TPSA) is 34.1 Å². The predicted octanol–water partition coefficient (Wildman–Crippen LogP) is 3.96. The lowest BCUT2D eigenvalue weighted by Gasteiger charge is -2.34. The summed E-state index contributed by atoms with van der Waals surface area (Å²) in [6.07, 6.45) is 0. The molecule has 0 radical (unpaired) electrons. The molecule has 2 heteroatoms. The fourth-order valence-corrected chi connectivity index (χ4v) is 3.18. The molecule has 0 aliphatic heterocycles. The summed E-state index contributed by atoms with van der Waals surface area (Å²) in [5.74, 6) is -3.46. The Kier molecular flexibility index (Phi) is 1.09. The van der Waals surface area contributed by atoms with Crippen LogP contribution < -0.4 is 0 Å². The molecule has 2 nitrogen and oxygen atoms in total. The smallest absolute Gasteiger partial charge is 0.193 e. The molecular formula is C21H12O2. The van der Waals surface area contributed by atoms with Gasteiger partial charge in [-0.25, -0.2) is 0 Å². The maximum absolute atomic E-state index is 13.5. The highest BCUT2D eigenvalue weighted by atomic mass is 16.1. The number of hydrogen-bond acceptors (Lipinski definition) is 2. The molecule has 0 heterocycles. The second-order valence-electron chi connectivity index (χ2n) is 5.21. The van der Waals surface area contributed by atoms with Crippen LogP contribution in [-0.4, -0.2) is 11.6 Å². The van der Waals surface area contributed by atoms with E-state index in [2.05, 4.69) is 0 Å². The van der Waals surface area contributed by atoms with Crippen LogP contribution in [-0.2, 0) is 0 Å². The maximum Gasteiger partial charge on any atom is 0.193 e. The van der Waals surface area contributed by atoms with Crippen molar-refractivity contribution in [1.29, 1.82) is 0 Å². The highest BCUT2D eigenvalue weighted by Gasteiger charge is 2.39. The first-order chi connectivity index (χ1) is 15.8. The van der Waals surface area contributed by atoms with E-state index >= 15 is 0 Å². The number of fused-ring (bicyclic) bond motifs is 4. The first-order valence-corrected chi connectivity index (χ1v) is 6.77. The fraction of sp³-hybridized carbons (Fsp3) is 0.0476. The largest absolute Gasteiger partial charge is 0.289 e. The van der Waals surface area contributed by atoms with Crippen molar-refractivity contribution in [2.45, 2.75) is 5.92 Å². The third kappa shape index (κ3) is 1.48. The Bertz CT molecular complexity index is 1450. The number of benzene rings is 3. The van der Waals surface area contributed by atoms with Crippen LogP contribution in [0.15, 0.2) is 66.5 Å². The van der Waals surface area contributed by atoms with Gasteiger partial charge in [0.1, 0.15) is 0 Å². The highest BCUT2D eigenvalue weighted by Crippen LogP contribution is 2.46. The molecule has 0 amide bonds. The summed E-state index contributed by atoms with van der Waals surface area (Å²) >= 11 is 0. The summed E-state index contributed by atoms with van der Waals surface area (Å²) in [5.41, 5.74) is -2.77. The van der Waals surface area contributed by atoms with Crippen molar-refractivity contribution in [2.24, 2.45) is 0 Å². The molecule has 108 valence electrons. The zero-order valence-electron chi connectivity index (χ0n) is 22.4. The van der Waals surface area contributed by atoms with Gasteiger partial charge in [-0.05, 0) is 16.7 Å². The van der Waals surface area contributed by atoms with E-state index in [4.69, 9.17) is 15.1 Å². The van der Waals surface area contributed by atoms with Gasteiger partial charge >= 0.3 is 0 Å². The first-order valence-electron chi connectivity index (χ1n) is 12.3. The van der Waals surface area contributed by atoms with E-state index in [0.717, 1.165) is 0 Å². The molecule has 0 aromatic heterocycles. The second kappa shape index (κ2) is 4.26. The number of hydrogen-bond donors (Lipinski definition) is 0. The molecule has 5 rings (SSSR count). The van der Waals surface area contributed by atoms with Crippen molar-refractivity contribution in [3.63, 3.8) is 0 Å². The van der Waals surface area contributed by atoms with Crippen LogP contribution in [0.1, 0.15) is 69.5 Å². The van der Waals surface area contributed by atoms with Gasteiger partial charge in [0, 0.05) is 28.2 Å². The zero-order valence-corrected chi connectivity index (χ0v) is 11.4. The molecule has 23 heavy (non-hydrogen) atoms. The van der Waals surface area contributed by atoms with Crippen molar-refractivity contribution < 1.29 is 24.7 Å². The molecule has 0 saturated heterocycles. The predicted molar refractivity (Wildman–Crippen MR) is 87.1 cm³/mol. The van der Waals surface area contributed by atoms with Crippen molar-refractivity contribution >= 4 is 11.6 Å². The van der Waals surface area contributed by atoms with Crippen molar-refractivity contribution in [3.05, 3.63) is 105 Å². The van der Waals surface area contributed by atoms with Gasteiger partial charge < -0.3 is 0 Å². The van der Waals surface area contributed by atoms with Gasteiger partial charge in [-0.3, -0.25) is 9.59 Å². The van der Waals surface area contributed by atoms with Gasteiger partial charge in [-0.1, -0.05) is 66.5 Å². The van der Waals surface area contributed by atoms with E-state index in [1.54, 1.807) is 0 Å². The summed E-state index contributed by atoms with van der Waals surface area (Å²) in [6, 6.07) is -7.61. The van der Waals surface area contributed by atoms with Crippen molar-refractivity contribution in [1.82, 2.24) is 0 Å². The maximum atomic E-state index is 13.5. The highest BCUT2D eigenvalue weighted by molar-refractivity contribution is 6.19. The summed E-state index contributed by atoms with van der Waals surface area (Å²) in [4.78, 5) is 27.0. The molecule has 0 atom stereocenters. The van der Waals surface area contributed by atoms with Crippen molar-refractivity contribution in [2.75, 3.05) is 0 Å². The van der Waals surface area contributed by atoms with Gasteiger partial charge in [-0.15, -0.1) is 0 Å². The normalized spacial score (nSPS) is 21.7. The van der Waals surface area contributed by atoms with Gasteiger partial charge in [0.2, 0.25) is 0 Å². The number of carbonyl (C=O) groups excluding carboxylic acids is 2. The molecular weight excluding hydrogens is 284 g/mol. The first kappa shape index (κ1) is 5.89. The van der Waals surface area contributed by atoms with Crippen LogP contribution in [0.4, 0.5) is 0 Å². The molecule has 0 fully saturated rings. The van der Waals surface area contributed by atoms with Crippen LogP contribution in [0.2, 0.25) is 0 Å². The Morgan fingerprint density at radius 2 is 1.04 bits per heavy atom. The van der Waals surface area contributed by atoms with E-state index < -0.39 is 106 Å². The Balaban J connectivity index is 2.12. The van der Waals surface area contributed by atoms with Gasteiger partial charge in [0.05, 0.1) is 15.1 Å². The Morgan fingerprint density at radius 3 is 1.57 bits per heavy atom. The second-order valence-corrected chi connectivity index (χ2v) is 5.21. The summed E-state index contributed by atoms with van der Waals surface area (Å²) in [5, 5.41) is 0. The third-order valence-electron chi connectivity index (χ3n) is 4.12. The fourth-order valence-electron chi connectivity index (χ4n) is 3.18. The molecule has 2 aliphatic rings. The minimum Gasteiger partial charge on any atom is -0.289 e. The minimum atomic E-state index is -1.44. The average Bonchev–Trinajstić information content (AvgIpc) is 2.80. The lowest BCUT2D eigenvalue weighted by molar-refractivity contribution is 0.103. The number of carbonyl (C=O) groups is 2. The minimum absolute atomic E-state index is 0.240. The molecule has 2 aliphatic carbocycles. The quantitative estimate of drug-likeness (QED) is 0.434. The molecule has 0 bridgehead atoms. The SMILES string of the molecule is [2H]c1c([2H])c([2H])c2c(c1[2H])C(=O)c1c([2H])c([2H])c([2H])c3c1C2c1c([2H])c([2H])c([2H])c([2H])c1C3=O. The number of rotatable bonds is 0. The zero-order chi connectivity index (χ0) is 25.1. The molecule has 0 saturated carbocycles. The van der Waals surface area contributed by atoms with Crippen LogP contribution in [0.5, 0.6) is 0 Å². The van der Waals surface area contributed by atoms with E-state index in [9.17, 15) is 9.59 Å². The van der Waals surface area contributed by atoms with Crippen LogP contribution >= 0.6 is 0 Å². The van der Waals surface area contributed by atoms with Crippen molar-refractivity contribution in [3.8, 4) is 0 Å². The van der Waals surface area contributed by atoms with E-state index in [1.165, 1.54) is 0 Å². The van der Waals surface area contributed by atoms with Gasteiger partial charge in [-0.2, -0.15) is 0 Å².